The summed E-state index contributed by atoms with van der Waals surface area (Å²) < 4.78 is 13.2. The second-order valence-electron chi connectivity index (χ2n) is 7.66. The third kappa shape index (κ3) is 5.86. The Bertz CT molecular complexity index is 1020. The zero-order valence-electron chi connectivity index (χ0n) is 17.4. The molecular weight excluding hydrogens is 393 g/mol. The number of amides is 1. The van der Waals surface area contributed by atoms with Gasteiger partial charge in [-0.3, -0.25) is 4.79 Å². The molecule has 0 spiro atoms. The van der Waals surface area contributed by atoms with Gasteiger partial charge in [-0.05, 0) is 81.4 Å². The Hall–Kier alpha value is -3.32. The fourth-order valence-corrected chi connectivity index (χ4v) is 3.70. The lowest BCUT2D eigenvalue weighted by molar-refractivity contribution is 0.0952. The fourth-order valence-electron chi connectivity index (χ4n) is 3.70. The van der Waals surface area contributed by atoms with E-state index in [1.807, 2.05) is 12.1 Å². The smallest absolute Gasteiger partial charge is 0.251 e. The van der Waals surface area contributed by atoms with Crippen molar-refractivity contribution in [1.29, 1.82) is 0 Å². The summed E-state index contributed by atoms with van der Waals surface area (Å²) in [4.78, 5) is 23.5. The molecule has 31 heavy (non-hydrogen) atoms. The van der Waals surface area contributed by atoms with E-state index in [4.69, 9.17) is 0 Å². The second kappa shape index (κ2) is 10.1. The monoisotopic (exact) mass is 419 g/mol. The van der Waals surface area contributed by atoms with Crippen LogP contribution in [0.4, 0.5) is 15.9 Å². The molecule has 0 atom stereocenters. The van der Waals surface area contributed by atoms with Crippen molar-refractivity contribution in [2.45, 2.75) is 19.3 Å². The molecule has 7 heteroatoms. The van der Waals surface area contributed by atoms with E-state index < -0.39 is 0 Å². The minimum atomic E-state index is -0.290. The number of carbonyl (C=O) groups excluding carboxylic acids is 1. The highest BCUT2D eigenvalue weighted by Crippen LogP contribution is 2.22. The number of nitrogens with one attached hydrogen (secondary N) is 2. The third-order valence-corrected chi connectivity index (χ3v) is 5.34. The maximum atomic E-state index is 13.2. The maximum absolute atomic E-state index is 13.2. The topological polar surface area (TPSA) is 70.2 Å². The lowest BCUT2D eigenvalue weighted by Crippen LogP contribution is -2.28. The first kappa shape index (κ1) is 20.9. The molecule has 1 amide bonds. The number of halogens is 1. The Labute approximate surface area is 181 Å². The van der Waals surface area contributed by atoms with Gasteiger partial charge in [-0.15, -0.1) is 0 Å². The maximum Gasteiger partial charge on any atom is 0.251 e. The minimum absolute atomic E-state index is 0.0836. The highest BCUT2D eigenvalue weighted by molar-refractivity contribution is 5.95. The molecule has 1 fully saturated rings. The fraction of sp³-hybridized carbons (Fsp3) is 0.292. The molecule has 0 saturated carbocycles. The Morgan fingerprint density at radius 1 is 1.03 bits per heavy atom. The molecule has 0 radical (unpaired) electrons. The first-order valence-corrected chi connectivity index (χ1v) is 10.6. The van der Waals surface area contributed by atoms with E-state index in [1.165, 1.54) is 44.4 Å². The largest absolute Gasteiger partial charge is 0.352 e. The van der Waals surface area contributed by atoms with Gasteiger partial charge in [0.1, 0.15) is 18.0 Å². The van der Waals surface area contributed by atoms with Gasteiger partial charge in [0, 0.05) is 29.4 Å². The van der Waals surface area contributed by atoms with Crippen LogP contribution in [0.1, 0.15) is 29.6 Å². The lowest BCUT2D eigenvalue weighted by Gasteiger charge is -2.14. The van der Waals surface area contributed by atoms with Gasteiger partial charge in [-0.2, -0.15) is 0 Å². The molecule has 160 valence electrons. The molecule has 1 aliphatic heterocycles. The molecule has 1 aromatic heterocycles. The van der Waals surface area contributed by atoms with Gasteiger partial charge in [0.05, 0.1) is 5.69 Å². The van der Waals surface area contributed by atoms with Gasteiger partial charge in [0.15, 0.2) is 0 Å². The summed E-state index contributed by atoms with van der Waals surface area (Å²) in [6.07, 6.45) is 4.97. The Morgan fingerprint density at radius 2 is 1.84 bits per heavy atom. The van der Waals surface area contributed by atoms with Crippen LogP contribution in [0, 0.1) is 5.82 Å². The van der Waals surface area contributed by atoms with Gasteiger partial charge in [-0.25, -0.2) is 14.4 Å². The van der Waals surface area contributed by atoms with Crippen LogP contribution in [0.2, 0.25) is 0 Å². The second-order valence-corrected chi connectivity index (χ2v) is 7.66. The lowest BCUT2D eigenvalue weighted by atomic mass is 10.1. The van der Waals surface area contributed by atoms with Crippen LogP contribution in [-0.4, -0.2) is 47.0 Å². The van der Waals surface area contributed by atoms with Crippen LogP contribution >= 0.6 is 0 Å². The molecule has 2 aromatic carbocycles. The number of aromatic nitrogens is 2. The van der Waals surface area contributed by atoms with E-state index in [0.29, 0.717) is 23.6 Å². The summed E-state index contributed by atoms with van der Waals surface area (Å²) in [6.45, 7) is 4.05. The molecular formula is C24H26FN5O. The van der Waals surface area contributed by atoms with Crippen LogP contribution in [0.25, 0.3) is 11.3 Å². The van der Waals surface area contributed by atoms with E-state index in [0.717, 1.165) is 24.2 Å². The predicted octanol–water partition coefficient (Wildman–Crippen LogP) is 4.24. The van der Waals surface area contributed by atoms with Gasteiger partial charge in [-0.1, -0.05) is 6.07 Å². The average Bonchev–Trinajstić information content (AvgIpc) is 3.31. The summed E-state index contributed by atoms with van der Waals surface area (Å²) in [5.74, 6) is 0.222. The zero-order valence-corrected chi connectivity index (χ0v) is 17.4. The summed E-state index contributed by atoms with van der Waals surface area (Å²) in [5, 5.41) is 6.21. The number of hydrogen-bond donors (Lipinski definition) is 2. The van der Waals surface area contributed by atoms with Crippen molar-refractivity contribution in [1.82, 2.24) is 20.2 Å². The number of rotatable bonds is 8. The van der Waals surface area contributed by atoms with Crippen molar-refractivity contribution >= 4 is 17.4 Å². The molecule has 0 bridgehead atoms. The van der Waals surface area contributed by atoms with Crippen molar-refractivity contribution in [2.75, 3.05) is 31.5 Å². The number of carbonyl (C=O) groups is 1. The van der Waals surface area contributed by atoms with Gasteiger partial charge in [0.2, 0.25) is 0 Å². The number of nitrogens with zero attached hydrogens (tertiary/aromatic N) is 3. The van der Waals surface area contributed by atoms with Gasteiger partial charge >= 0.3 is 0 Å². The Morgan fingerprint density at radius 3 is 2.65 bits per heavy atom. The number of anilines is 2. The van der Waals surface area contributed by atoms with E-state index in [9.17, 15) is 9.18 Å². The third-order valence-electron chi connectivity index (χ3n) is 5.34. The number of likely N-dealkylation sites (tertiary alicyclic amines) is 1. The highest BCUT2D eigenvalue weighted by Gasteiger charge is 2.11. The average molecular weight is 420 g/mol. The van der Waals surface area contributed by atoms with Crippen LogP contribution in [0.15, 0.2) is 60.9 Å². The molecule has 0 aliphatic carbocycles. The van der Waals surface area contributed by atoms with E-state index in [-0.39, 0.29) is 11.7 Å². The molecule has 3 aromatic rings. The number of hydrogen-bond acceptors (Lipinski definition) is 5. The van der Waals surface area contributed by atoms with E-state index in [2.05, 4.69) is 25.5 Å². The van der Waals surface area contributed by atoms with Crippen molar-refractivity contribution in [2.24, 2.45) is 0 Å². The highest BCUT2D eigenvalue weighted by atomic mass is 19.1. The van der Waals surface area contributed by atoms with Gasteiger partial charge < -0.3 is 15.5 Å². The first-order chi connectivity index (χ1) is 15.2. The summed E-state index contributed by atoms with van der Waals surface area (Å²) in [5.41, 5.74) is 2.84. The van der Waals surface area contributed by atoms with Crippen LogP contribution < -0.4 is 10.6 Å². The molecule has 1 saturated heterocycles. The van der Waals surface area contributed by atoms with Crippen molar-refractivity contribution in [3.63, 3.8) is 0 Å². The summed E-state index contributed by atoms with van der Waals surface area (Å²) in [7, 11) is 0. The quantitative estimate of drug-likeness (QED) is 0.535. The van der Waals surface area contributed by atoms with Crippen LogP contribution in [-0.2, 0) is 0 Å². The Balaban J connectivity index is 1.35. The first-order valence-electron chi connectivity index (χ1n) is 10.6. The Kier molecular flexibility index (Phi) is 6.84. The molecule has 0 unspecified atom stereocenters. The molecule has 6 nitrogen and oxygen atoms in total. The molecule has 1 aliphatic rings. The summed E-state index contributed by atoms with van der Waals surface area (Å²) >= 11 is 0. The van der Waals surface area contributed by atoms with Gasteiger partial charge in [0.25, 0.3) is 5.91 Å². The van der Waals surface area contributed by atoms with Crippen molar-refractivity contribution in [3.8, 4) is 11.3 Å². The standard InChI is InChI=1S/C24H26FN5O/c25-20-9-7-18(8-10-20)22-16-23(28-17-27-22)29-21-6-3-5-19(15-21)24(31)26-11-4-14-30-12-1-2-13-30/h3,5-10,15-17H,1-2,4,11-14H2,(H,26,31)(H,27,28,29). The summed E-state index contributed by atoms with van der Waals surface area (Å²) in [6, 6.07) is 15.3. The van der Waals surface area contributed by atoms with Crippen LogP contribution in [0.3, 0.4) is 0 Å². The normalized spacial score (nSPS) is 13.8. The SMILES string of the molecule is O=C(NCCCN1CCCC1)c1cccc(Nc2cc(-c3ccc(F)cc3)ncn2)c1. The minimum Gasteiger partial charge on any atom is -0.352 e. The van der Waals surface area contributed by atoms with E-state index >= 15 is 0 Å². The molecule has 4 rings (SSSR count). The zero-order chi connectivity index (χ0) is 21.5. The number of benzene rings is 2. The van der Waals surface area contributed by atoms with E-state index in [1.54, 1.807) is 30.3 Å². The van der Waals surface area contributed by atoms with Crippen LogP contribution in [0.5, 0.6) is 0 Å². The molecule has 2 heterocycles. The predicted molar refractivity (Wildman–Crippen MR) is 120 cm³/mol. The van der Waals surface area contributed by atoms with Crippen molar-refractivity contribution in [3.05, 3.63) is 72.3 Å². The molecule has 2 N–H and O–H groups in total. The van der Waals surface area contributed by atoms with Crippen molar-refractivity contribution < 1.29 is 9.18 Å².